The van der Waals surface area contributed by atoms with E-state index >= 15 is 0 Å². The SMILES string of the molecule is COc1ccc(CNc2ccc(C3=NC([C@H](C)C(=O)O)c4nnc(C)n4-c4sc(C)c(C)c43)cc2)cc1OC. The molecule has 1 unspecified atom stereocenters. The van der Waals surface area contributed by atoms with Gasteiger partial charge in [0, 0.05) is 28.2 Å². The number of nitrogens with one attached hydrogen (secondary N) is 1. The van der Waals surface area contributed by atoms with Gasteiger partial charge in [-0.25, -0.2) is 0 Å². The maximum Gasteiger partial charge on any atom is 0.308 e. The lowest BCUT2D eigenvalue weighted by Crippen LogP contribution is -2.21. The molecule has 0 bridgehead atoms. The Balaban J connectivity index is 1.50. The highest BCUT2D eigenvalue weighted by atomic mass is 32.1. The molecule has 4 aromatic rings. The van der Waals surface area contributed by atoms with Crippen LogP contribution < -0.4 is 14.8 Å². The Labute approximate surface area is 231 Å². The van der Waals surface area contributed by atoms with Gasteiger partial charge in [0.15, 0.2) is 17.3 Å². The van der Waals surface area contributed by atoms with Gasteiger partial charge >= 0.3 is 5.97 Å². The van der Waals surface area contributed by atoms with Crippen LogP contribution in [0.4, 0.5) is 5.69 Å². The number of ether oxygens (including phenoxy) is 2. The van der Waals surface area contributed by atoms with Crippen LogP contribution in [0.1, 0.15) is 51.7 Å². The minimum absolute atomic E-state index is 0.549. The summed E-state index contributed by atoms with van der Waals surface area (Å²) in [5.74, 6) is 0.931. The number of fused-ring (bicyclic) bond motifs is 3. The second kappa shape index (κ2) is 10.5. The van der Waals surface area contributed by atoms with Crippen molar-refractivity contribution in [3.8, 4) is 16.5 Å². The van der Waals surface area contributed by atoms with Crippen LogP contribution in [0, 0.1) is 26.7 Å². The lowest BCUT2D eigenvalue weighted by molar-refractivity contribution is -0.141. The Kier molecular flexibility index (Phi) is 7.14. The van der Waals surface area contributed by atoms with E-state index in [-0.39, 0.29) is 0 Å². The van der Waals surface area contributed by atoms with Gasteiger partial charge in [-0.05, 0) is 63.1 Å². The number of carboxylic acid groups (broad SMARTS) is 1. The summed E-state index contributed by atoms with van der Waals surface area (Å²) in [7, 11) is 3.24. The number of anilines is 1. The molecule has 0 amide bonds. The predicted octanol–water partition coefficient (Wildman–Crippen LogP) is 5.50. The maximum absolute atomic E-state index is 12.1. The van der Waals surface area contributed by atoms with E-state index < -0.39 is 17.9 Å². The minimum atomic E-state index is -0.928. The molecular weight excluding hydrogens is 514 g/mol. The molecule has 1 aliphatic heterocycles. The molecule has 2 aromatic carbocycles. The number of aliphatic imine (C=N–C) groups is 1. The Hall–Kier alpha value is -4.18. The van der Waals surface area contributed by atoms with Crippen LogP contribution in [0.2, 0.25) is 0 Å². The monoisotopic (exact) mass is 545 g/mol. The zero-order valence-electron chi connectivity index (χ0n) is 22.8. The highest BCUT2D eigenvalue weighted by Gasteiger charge is 2.36. The number of hydrogen-bond donors (Lipinski definition) is 2. The molecule has 0 fully saturated rings. The van der Waals surface area contributed by atoms with E-state index in [0.29, 0.717) is 29.7 Å². The number of methoxy groups -OCH3 is 2. The molecule has 202 valence electrons. The summed E-state index contributed by atoms with van der Waals surface area (Å²) in [5, 5.41) is 23.0. The van der Waals surface area contributed by atoms with Gasteiger partial charge in [-0.3, -0.25) is 14.4 Å². The molecule has 0 spiro atoms. The standard InChI is InChI=1S/C29H31N5O4S/c1-15-17(3)39-28-24(15)26(31-25(16(2)29(35)36)27-33-32-18(4)34(27)28)20-8-10-21(11-9-20)30-14-19-7-12-22(37-5)23(13-19)38-6/h7-13,16,25,30H,14H2,1-6H3,(H,35,36)/t16-,25?/m0/s1. The molecule has 0 radical (unpaired) electrons. The summed E-state index contributed by atoms with van der Waals surface area (Å²) >= 11 is 1.65. The Morgan fingerprint density at radius 2 is 1.79 bits per heavy atom. The zero-order chi connectivity index (χ0) is 27.8. The smallest absolute Gasteiger partial charge is 0.308 e. The van der Waals surface area contributed by atoms with Gasteiger partial charge in [0.2, 0.25) is 0 Å². The van der Waals surface area contributed by atoms with Crippen molar-refractivity contribution < 1.29 is 19.4 Å². The second-order valence-electron chi connectivity index (χ2n) is 9.57. The lowest BCUT2D eigenvalue weighted by Gasteiger charge is -2.16. The molecule has 0 saturated carbocycles. The Morgan fingerprint density at radius 3 is 2.46 bits per heavy atom. The van der Waals surface area contributed by atoms with Gasteiger partial charge in [0.05, 0.1) is 25.8 Å². The maximum atomic E-state index is 12.1. The van der Waals surface area contributed by atoms with Crippen molar-refractivity contribution in [2.45, 2.75) is 40.3 Å². The molecule has 3 heterocycles. The Bertz CT molecular complexity index is 1570. The van der Waals surface area contributed by atoms with Crippen LogP contribution in [0.15, 0.2) is 47.5 Å². The number of rotatable bonds is 8. The van der Waals surface area contributed by atoms with E-state index in [9.17, 15) is 9.90 Å². The largest absolute Gasteiger partial charge is 0.493 e. The highest BCUT2D eigenvalue weighted by molar-refractivity contribution is 7.15. The van der Waals surface area contributed by atoms with Crippen LogP contribution in [0.25, 0.3) is 5.00 Å². The first kappa shape index (κ1) is 26.4. The third kappa shape index (κ3) is 4.76. The normalized spacial score (nSPS) is 15.0. The van der Waals surface area contributed by atoms with E-state index in [2.05, 4.69) is 29.4 Å². The van der Waals surface area contributed by atoms with Crippen LogP contribution in [-0.2, 0) is 11.3 Å². The molecule has 9 nitrogen and oxygen atoms in total. The van der Waals surface area contributed by atoms with E-state index in [1.165, 1.54) is 4.88 Å². The molecule has 10 heteroatoms. The van der Waals surface area contributed by atoms with Gasteiger partial charge in [-0.15, -0.1) is 21.5 Å². The van der Waals surface area contributed by atoms with Crippen molar-refractivity contribution in [1.82, 2.24) is 14.8 Å². The third-order valence-corrected chi connectivity index (χ3v) is 8.35. The van der Waals surface area contributed by atoms with E-state index in [0.717, 1.165) is 38.7 Å². The van der Waals surface area contributed by atoms with Crippen molar-refractivity contribution in [3.05, 3.63) is 81.2 Å². The van der Waals surface area contributed by atoms with Gasteiger partial charge in [0.1, 0.15) is 16.9 Å². The molecule has 2 N–H and O–H groups in total. The van der Waals surface area contributed by atoms with E-state index in [4.69, 9.17) is 14.5 Å². The van der Waals surface area contributed by atoms with Crippen LogP contribution in [0.5, 0.6) is 11.5 Å². The third-order valence-electron chi connectivity index (χ3n) is 7.16. The summed E-state index contributed by atoms with van der Waals surface area (Å²) in [6, 6.07) is 13.2. The van der Waals surface area contributed by atoms with Gasteiger partial charge in [0.25, 0.3) is 0 Å². The number of carbonyl (C=O) groups is 1. The number of nitrogens with zero attached hydrogens (tertiary/aromatic N) is 4. The topological polar surface area (TPSA) is 111 Å². The van der Waals surface area contributed by atoms with Crippen LogP contribution in [0.3, 0.4) is 0 Å². The summed E-state index contributed by atoms with van der Waals surface area (Å²) in [6.07, 6.45) is 0. The average Bonchev–Trinajstić information content (AvgIpc) is 3.41. The fourth-order valence-corrected chi connectivity index (χ4v) is 5.97. The van der Waals surface area contributed by atoms with E-state index in [1.54, 1.807) is 32.5 Å². The zero-order valence-corrected chi connectivity index (χ0v) is 23.6. The molecule has 2 aromatic heterocycles. The Morgan fingerprint density at radius 1 is 1.08 bits per heavy atom. The minimum Gasteiger partial charge on any atom is -0.493 e. The van der Waals surface area contributed by atoms with Crippen molar-refractivity contribution in [2.24, 2.45) is 10.9 Å². The van der Waals surface area contributed by atoms with Crippen molar-refractivity contribution in [3.63, 3.8) is 0 Å². The lowest BCUT2D eigenvalue weighted by atomic mass is 9.98. The number of aromatic nitrogens is 3. The quantitative estimate of drug-likeness (QED) is 0.301. The van der Waals surface area contributed by atoms with E-state index in [1.807, 2.05) is 54.0 Å². The fraction of sp³-hybridized carbons (Fsp3) is 0.310. The number of benzene rings is 2. The fourth-order valence-electron chi connectivity index (χ4n) is 4.76. The van der Waals surface area contributed by atoms with Crippen molar-refractivity contribution in [1.29, 1.82) is 0 Å². The van der Waals surface area contributed by atoms with Gasteiger partial charge < -0.3 is 19.9 Å². The first-order chi connectivity index (χ1) is 18.7. The molecule has 5 rings (SSSR count). The highest BCUT2D eigenvalue weighted by Crippen LogP contribution is 2.40. The summed E-state index contributed by atoms with van der Waals surface area (Å²) in [5.41, 5.74) is 5.79. The number of thiophene rings is 1. The number of aryl methyl sites for hydroxylation is 2. The molecule has 39 heavy (non-hydrogen) atoms. The van der Waals surface area contributed by atoms with Crippen molar-refractivity contribution >= 4 is 28.7 Å². The average molecular weight is 546 g/mol. The second-order valence-corrected chi connectivity index (χ2v) is 10.8. The number of aliphatic carboxylic acids is 1. The summed E-state index contributed by atoms with van der Waals surface area (Å²) < 4.78 is 12.7. The van der Waals surface area contributed by atoms with Crippen molar-refractivity contribution in [2.75, 3.05) is 19.5 Å². The molecule has 2 atom stereocenters. The molecule has 0 saturated heterocycles. The molecular formula is C29H31N5O4S. The number of carboxylic acids is 1. The first-order valence-corrected chi connectivity index (χ1v) is 13.4. The van der Waals surface area contributed by atoms with Crippen LogP contribution in [-0.4, -0.2) is 45.8 Å². The molecule has 0 aliphatic carbocycles. The van der Waals surface area contributed by atoms with Gasteiger partial charge in [-0.2, -0.15) is 0 Å². The molecule has 1 aliphatic rings. The summed E-state index contributed by atoms with van der Waals surface area (Å²) in [4.78, 5) is 18.3. The van der Waals surface area contributed by atoms with Crippen LogP contribution >= 0.6 is 11.3 Å². The number of hydrogen-bond acceptors (Lipinski definition) is 8. The summed E-state index contributed by atoms with van der Waals surface area (Å²) in [6.45, 7) is 8.33. The first-order valence-electron chi connectivity index (χ1n) is 12.6. The predicted molar refractivity (Wildman–Crippen MR) is 152 cm³/mol. The van der Waals surface area contributed by atoms with Gasteiger partial charge in [-0.1, -0.05) is 18.2 Å².